The summed E-state index contributed by atoms with van der Waals surface area (Å²) in [7, 11) is 0. The molecule has 0 atom stereocenters. The number of hydrogen-bond donors (Lipinski definition) is 1. The van der Waals surface area contributed by atoms with E-state index in [0.29, 0.717) is 12.3 Å². The Bertz CT molecular complexity index is 932. The molecule has 0 fully saturated rings. The molecule has 0 amide bonds. The molecule has 3 aromatic rings. The Balaban J connectivity index is 0.000000269. The number of rotatable bonds is 5. The van der Waals surface area contributed by atoms with Gasteiger partial charge in [-0.15, -0.1) is 0 Å². The third-order valence-corrected chi connectivity index (χ3v) is 4.76. The summed E-state index contributed by atoms with van der Waals surface area (Å²) in [4.78, 5) is 4.74. The van der Waals surface area contributed by atoms with E-state index in [9.17, 15) is 8.78 Å². The number of benzene rings is 3. The van der Waals surface area contributed by atoms with Crippen LogP contribution in [0.4, 0.5) is 8.78 Å². The lowest BCUT2D eigenvalue weighted by molar-refractivity contribution is 0.559. The lowest BCUT2D eigenvalue weighted by atomic mass is 9.78. The van der Waals surface area contributed by atoms with Gasteiger partial charge in [0.2, 0.25) is 0 Å². The van der Waals surface area contributed by atoms with E-state index in [4.69, 9.17) is 10.7 Å². The first-order chi connectivity index (χ1) is 14.3. The van der Waals surface area contributed by atoms with Crippen molar-refractivity contribution >= 4 is 5.84 Å². The van der Waals surface area contributed by atoms with Gasteiger partial charge in [-0.1, -0.05) is 80.2 Å². The number of nitrogens with two attached hydrogens (primary N) is 1. The van der Waals surface area contributed by atoms with E-state index in [-0.39, 0.29) is 5.56 Å². The van der Waals surface area contributed by atoms with E-state index in [2.05, 4.69) is 30.8 Å². The van der Waals surface area contributed by atoms with Gasteiger partial charge >= 0.3 is 0 Å². The summed E-state index contributed by atoms with van der Waals surface area (Å²) in [6.45, 7) is 9.70. The first-order valence-corrected chi connectivity index (χ1v) is 9.84. The zero-order chi connectivity index (χ0) is 22.1. The average Bonchev–Trinajstić information content (AvgIpc) is 2.73. The van der Waals surface area contributed by atoms with Crippen molar-refractivity contribution in [2.75, 3.05) is 0 Å². The topological polar surface area (TPSA) is 38.4 Å². The van der Waals surface area contributed by atoms with Crippen LogP contribution in [0.3, 0.4) is 0 Å². The summed E-state index contributed by atoms with van der Waals surface area (Å²) in [6, 6.07) is 24.2. The van der Waals surface area contributed by atoms with Crippen LogP contribution in [0.5, 0.6) is 0 Å². The fourth-order valence-electron chi connectivity index (χ4n) is 3.38. The molecule has 0 unspecified atom stereocenters. The van der Waals surface area contributed by atoms with E-state index in [0.717, 1.165) is 16.7 Å². The first kappa shape index (κ1) is 23.0. The van der Waals surface area contributed by atoms with Crippen LogP contribution >= 0.6 is 0 Å². The van der Waals surface area contributed by atoms with Gasteiger partial charge in [0, 0.05) is 5.56 Å². The molecule has 0 radical (unpaired) electrons. The number of hydrogen-bond acceptors (Lipinski definition) is 1. The molecule has 0 aliphatic heterocycles. The zero-order valence-corrected chi connectivity index (χ0v) is 17.7. The van der Waals surface area contributed by atoms with Crippen molar-refractivity contribution in [2.45, 2.75) is 32.7 Å². The van der Waals surface area contributed by atoms with Gasteiger partial charge in [-0.05, 0) is 49.1 Å². The minimum absolute atomic E-state index is 0.169. The smallest absolute Gasteiger partial charge is 0.133 e. The maximum atomic E-state index is 12.6. The molecule has 0 aliphatic carbocycles. The maximum Gasteiger partial charge on any atom is 0.133 e. The normalized spacial score (nSPS) is 11.4. The van der Waals surface area contributed by atoms with Crippen LogP contribution in [0.1, 0.15) is 37.5 Å². The second-order valence-corrected chi connectivity index (χ2v) is 7.03. The van der Waals surface area contributed by atoms with Crippen LogP contribution < -0.4 is 5.73 Å². The quantitative estimate of drug-likeness (QED) is 0.297. The lowest BCUT2D eigenvalue weighted by Gasteiger charge is -2.32. The van der Waals surface area contributed by atoms with Crippen molar-refractivity contribution in [3.63, 3.8) is 0 Å². The van der Waals surface area contributed by atoms with Gasteiger partial charge in [0.1, 0.15) is 17.2 Å². The maximum absolute atomic E-state index is 12.6. The van der Waals surface area contributed by atoms with Crippen LogP contribution in [0.15, 0.2) is 96.0 Å². The summed E-state index contributed by atoms with van der Waals surface area (Å²) >= 11 is 0. The molecular formula is C26H28F2N2. The Kier molecular flexibility index (Phi) is 8.05. The van der Waals surface area contributed by atoms with Crippen molar-refractivity contribution in [2.24, 2.45) is 10.7 Å². The molecule has 0 heterocycles. The Labute approximate surface area is 177 Å². The van der Waals surface area contributed by atoms with Gasteiger partial charge in [-0.3, -0.25) is 4.99 Å². The van der Waals surface area contributed by atoms with E-state index in [1.807, 2.05) is 50.2 Å². The molecule has 2 N–H and O–H groups in total. The molecule has 4 heteroatoms. The third-order valence-electron chi connectivity index (χ3n) is 4.76. The van der Waals surface area contributed by atoms with Gasteiger partial charge in [0.05, 0.1) is 5.84 Å². The van der Waals surface area contributed by atoms with E-state index in [1.165, 1.54) is 18.2 Å². The van der Waals surface area contributed by atoms with Gasteiger partial charge in [0.15, 0.2) is 0 Å². The summed E-state index contributed by atoms with van der Waals surface area (Å²) in [5.74, 6) is -0.370. The van der Waals surface area contributed by atoms with E-state index >= 15 is 0 Å². The molecular weight excluding hydrogens is 378 g/mol. The highest BCUT2D eigenvalue weighted by Gasteiger charge is 2.34. The summed E-state index contributed by atoms with van der Waals surface area (Å²) in [5.41, 5.74) is 8.53. The molecule has 2 nitrogen and oxygen atoms in total. The predicted molar refractivity (Wildman–Crippen MR) is 122 cm³/mol. The minimum atomic E-state index is -0.624. The Morgan fingerprint density at radius 1 is 0.833 bits per heavy atom. The Morgan fingerprint density at radius 2 is 1.27 bits per heavy atom. The van der Waals surface area contributed by atoms with Crippen LogP contribution in [0, 0.1) is 11.6 Å². The van der Waals surface area contributed by atoms with Crippen LogP contribution in [0.2, 0.25) is 0 Å². The van der Waals surface area contributed by atoms with Gasteiger partial charge < -0.3 is 5.73 Å². The SMILES string of the molecule is C=C(C)C(N=C(C)N)(c1ccccc1)c1ccccc1.CCc1c(F)cccc1F. The van der Waals surface area contributed by atoms with Crippen molar-refractivity contribution in [3.05, 3.63) is 119 Å². The van der Waals surface area contributed by atoms with Crippen LogP contribution in [-0.4, -0.2) is 5.84 Å². The van der Waals surface area contributed by atoms with Crippen molar-refractivity contribution in [1.29, 1.82) is 0 Å². The molecule has 0 spiro atoms. The van der Waals surface area contributed by atoms with Gasteiger partial charge in [-0.2, -0.15) is 0 Å². The highest BCUT2D eigenvalue weighted by molar-refractivity contribution is 5.79. The van der Waals surface area contributed by atoms with Crippen molar-refractivity contribution in [3.8, 4) is 0 Å². The monoisotopic (exact) mass is 406 g/mol. The first-order valence-electron chi connectivity index (χ1n) is 9.84. The second kappa shape index (κ2) is 10.5. The molecule has 0 aromatic heterocycles. The molecule has 0 aliphatic rings. The molecule has 30 heavy (non-hydrogen) atoms. The predicted octanol–water partition coefficient (Wildman–Crippen LogP) is 6.41. The summed E-state index contributed by atoms with van der Waals surface area (Å²) < 4.78 is 25.2. The Morgan fingerprint density at radius 3 is 1.57 bits per heavy atom. The van der Waals surface area contributed by atoms with E-state index in [1.54, 1.807) is 6.92 Å². The largest absolute Gasteiger partial charge is 0.388 e. The fraction of sp³-hybridized carbons (Fsp3) is 0.192. The number of amidine groups is 1. The molecule has 0 bridgehead atoms. The van der Waals surface area contributed by atoms with E-state index < -0.39 is 17.2 Å². The number of nitrogens with zero attached hydrogens (tertiary/aromatic N) is 1. The number of halogens is 2. The molecule has 3 aromatic carbocycles. The Hall–Kier alpha value is -3.27. The highest BCUT2D eigenvalue weighted by atomic mass is 19.1. The van der Waals surface area contributed by atoms with Crippen LogP contribution in [0.25, 0.3) is 0 Å². The average molecular weight is 407 g/mol. The van der Waals surface area contributed by atoms with Crippen molar-refractivity contribution in [1.82, 2.24) is 0 Å². The highest BCUT2D eigenvalue weighted by Crippen LogP contribution is 2.39. The summed E-state index contributed by atoms with van der Waals surface area (Å²) in [6.07, 6.45) is 0.401. The third kappa shape index (κ3) is 5.20. The second-order valence-electron chi connectivity index (χ2n) is 7.03. The molecule has 0 saturated carbocycles. The number of aliphatic imine (C=N–C) groups is 1. The summed E-state index contributed by atoms with van der Waals surface area (Å²) in [5, 5.41) is 0. The molecule has 156 valence electrons. The van der Waals surface area contributed by atoms with Gasteiger partial charge in [-0.25, -0.2) is 8.78 Å². The molecule has 3 rings (SSSR count). The van der Waals surface area contributed by atoms with Gasteiger partial charge in [0.25, 0.3) is 0 Å². The fourth-order valence-corrected chi connectivity index (χ4v) is 3.38. The standard InChI is InChI=1S/C18H20N2.C8H8F2/c1-14(2)18(20-15(3)19,16-10-6-4-7-11-16)17-12-8-5-9-13-17;1-2-6-7(9)4-3-5-8(6)10/h4-13H,1H2,2-3H3,(H2,19,20);3-5H,2H2,1H3. The lowest BCUT2D eigenvalue weighted by Crippen LogP contribution is -2.29. The van der Waals surface area contributed by atoms with Crippen molar-refractivity contribution < 1.29 is 8.78 Å². The van der Waals surface area contributed by atoms with Crippen LogP contribution in [-0.2, 0) is 12.0 Å². The zero-order valence-electron chi connectivity index (χ0n) is 17.7. The minimum Gasteiger partial charge on any atom is -0.388 e. The molecule has 0 saturated heterocycles.